The lowest BCUT2D eigenvalue weighted by Gasteiger charge is -2.09. The first kappa shape index (κ1) is 14.5. The Bertz CT molecular complexity index is 805. The summed E-state index contributed by atoms with van der Waals surface area (Å²) in [6, 6.07) is 12.7. The highest BCUT2D eigenvalue weighted by atomic mass is 32.2. The predicted molar refractivity (Wildman–Crippen MR) is 87.3 cm³/mol. The summed E-state index contributed by atoms with van der Waals surface area (Å²) in [7, 11) is 0. The van der Waals surface area contributed by atoms with E-state index in [1.165, 1.54) is 18.5 Å². The molecule has 4 N–H and O–H groups in total. The number of rotatable bonds is 3. The summed E-state index contributed by atoms with van der Waals surface area (Å²) in [6.07, 6.45) is 3.01. The van der Waals surface area contributed by atoms with E-state index < -0.39 is 0 Å². The van der Waals surface area contributed by atoms with Crippen molar-refractivity contribution in [1.29, 1.82) is 0 Å². The van der Waals surface area contributed by atoms with Gasteiger partial charge in [0.25, 0.3) is 0 Å². The van der Waals surface area contributed by atoms with Crippen molar-refractivity contribution >= 4 is 17.9 Å². The van der Waals surface area contributed by atoms with Gasteiger partial charge in [-0.25, -0.2) is 14.4 Å². The number of hydrogen-bond donors (Lipinski definition) is 2. The lowest BCUT2D eigenvalue weighted by molar-refractivity contribution is 0.631. The molecule has 2 aromatic carbocycles. The van der Waals surface area contributed by atoms with Crippen molar-refractivity contribution in [1.82, 2.24) is 9.97 Å². The third-order valence-electron chi connectivity index (χ3n) is 3.28. The average Bonchev–Trinajstić information content (AvgIpc) is 2.56. The SMILES string of the molecule is NSc1ccccc1-c1ccc(-c2cnc(N)nc2)c(F)c1. The topological polar surface area (TPSA) is 77.8 Å². The van der Waals surface area contributed by atoms with E-state index in [1.807, 2.05) is 30.3 Å². The molecule has 4 nitrogen and oxygen atoms in total. The minimum absolute atomic E-state index is 0.162. The Kier molecular flexibility index (Phi) is 4.04. The van der Waals surface area contributed by atoms with Crippen LogP contribution >= 0.6 is 11.9 Å². The second-order valence-corrected chi connectivity index (χ2v) is 5.31. The number of nitrogens with two attached hydrogens (primary N) is 2. The molecule has 0 saturated carbocycles. The number of nitrogen functional groups attached to an aromatic ring is 1. The molecule has 0 aliphatic heterocycles. The normalized spacial score (nSPS) is 10.6. The maximum Gasteiger partial charge on any atom is 0.219 e. The number of aromatic nitrogens is 2. The number of anilines is 1. The quantitative estimate of drug-likeness (QED) is 0.724. The Balaban J connectivity index is 2.04. The Morgan fingerprint density at radius 1 is 0.909 bits per heavy atom. The van der Waals surface area contributed by atoms with Crippen molar-refractivity contribution in [3.8, 4) is 22.3 Å². The zero-order valence-corrected chi connectivity index (χ0v) is 12.3. The minimum atomic E-state index is -0.345. The fraction of sp³-hybridized carbons (Fsp3) is 0. The van der Waals surface area contributed by atoms with Gasteiger partial charge in [-0.2, -0.15) is 0 Å². The van der Waals surface area contributed by atoms with Gasteiger partial charge in [0.1, 0.15) is 5.82 Å². The van der Waals surface area contributed by atoms with Gasteiger partial charge in [-0.3, -0.25) is 5.14 Å². The molecule has 0 atom stereocenters. The first-order valence-corrected chi connectivity index (χ1v) is 7.40. The molecule has 0 bridgehead atoms. The number of nitrogens with zero attached hydrogens (tertiary/aromatic N) is 2. The van der Waals surface area contributed by atoms with Gasteiger partial charge in [0.05, 0.1) is 0 Å². The van der Waals surface area contributed by atoms with E-state index in [0.29, 0.717) is 11.1 Å². The van der Waals surface area contributed by atoms with Crippen molar-refractivity contribution in [3.05, 3.63) is 60.7 Å². The molecule has 0 unspecified atom stereocenters. The summed E-state index contributed by atoms with van der Waals surface area (Å²) in [6.45, 7) is 0. The van der Waals surface area contributed by atoms with Crippen LogP contribution in [0.3, 0.4) is 0 Å². The smallest absolute Gasteiger partial charge is 0.219 e. The van der Waals surface area contributed by atoms with E-state index in [1.54, 1.807) is 6.07 Å². The van der Waals surface area contributed by atoms with Crippen molar-refractivity contribution in [3.63, 3.8) is 0 Å². The summed E-state index contributed by atoms with van der Waals surface area (Å²) in [4.78, 5) is 8.66. The monoisotopic (exact) mass is 312 g/mol. The van der Waals surface area contributed by atoms with Gasteiger partial charge in [0.15, 0.2) is 0 Å². The maximum atomic E-state index is 14.4. The molecule has 0 aliphatic rings. The second-order valence-electron chi connectivity index (χ2n) is 4.64. The summed E-state index contributed by atoms with van der Waals surface area (Å²) in [5, 5.41) is 5.66. The molecule has 0 amide bonds. The Morgan fingerprint density at radius 2 is 1.64 bits per heavy atom. The highest BCUT2D eigenvalue weighted by Crippen LogP contribution is 2.32. The average molecular weight is 312 g/mol. The van der Waals surface area contributed by atoms with Crippen LogP contribution in [0.5, 0.6) is 0 Å². The zero-order valence-electron chi connectivity index (χ0n) is 11.5. The van der Waals surface area contributed by atoms with Crippen LogP contribution in [0, 0.1) is 5.82 Å². The standard InChI is InChI=1S/C16H13FN4S/c17-14-7-10(13-3-1-2-4-15(13)22-19)5-6-12(14)11-8-20-16(18)21-9-11/h1-9H,19H2,(H2,18,20,21). The van der Waals surface area contributed by atoms with Gasteiger partial charge in [0.2, 0.25) is 5.95 Å². The summed E-state index contributed by atoms with van der Waals surface area (Å²) < 4.78 is 14.4. The van der Waals surface area contributed by atoms with Crippen LogP contribution in [0.15, 0.2) is 59.8 Å². The van der Waals surface area contributed by atoms with Crippen LogP contribution in [-0.2, 0) is 0 Å². The molecular formula is C16H13FN4S. The molecule has 0 aliphatic carbocycles. The van der Waals surface area contributed by atoms with E-state index in [9.17, 15) is 4.39 Å². The molecule has 3 aromatic rings. The lowest BCUT2D eigenvalue weighted by Crippen LogP contribution is -1.95. The molecule has 1 heterocycles. The molecule has 110 valence electrons. The van der Waals surface area contributed by atoms with Gasteiger partial charge >= 0.3 is 0 Å². The lowest BCUT2D eigenvalue weighted by atomic mass is 10.0. The van der Waals surface area contributed by atoms with Gasteiger partial charge in [-0.05, 0) is 35.2 Å². The third kappa shape index (κ3) is 2.79. The van der Waals surface area contributed by atoms with Crippen molar-refractivity contribution < 1.29 is 4.39 Å². The summed E-state index contributed by atoms with van der Waals surface area (Å²) in [5.74, 6) is -0.183. The van der Waals surface area contributed by atoms with Gasteiger partial charge in [-0.1, -0.05) is 30.3 Å². The van der Waals surface area contributed by atoms with Crippen molar-refractivity contribution in [2.24, 2.45) is 5.14 Å². The van der Waals surface area contributed by atoms with E-state index in [0.717, 1.165) is 28.0 Å². The van der Waals surface area contributed by atoms with E-state index in [4.69, 9.17) is 10.9 Å². The number of hydrogen-bond acceptors (Lipinski definition) is 5. The van der Waals surface area contributed by atoms with Gasteiger partial charge < -0.3 is 5.73 Å². The maximum absolute atomic E-state index is 14.4. The summed E-state index contributed by atoms with van der Waals surface area (Å²) in [5.41, 5.74) is 8.13. The van der Waals surface area contributed by atoms with Crippen molar-refractivity contribution in [2.45, 2.75) is 4.90 Å². The Morgan fingerprint density at radius 3 is 2.32 bits per heavy atom. The van der Waals surface area contributed by atoms with Gasteiger partial charge in [0, 0.05) is 28.4 Å². The van der Waals surface area contributed by atoms with E-state index >= 15 is 0 Å². The first-order chi connectivity index (χ1) is 10.7. The molecule has 0 saturated heterocycles. The molecule has 22 heavy (non-hydrogen) atoms. The van der Waals surface area contributed by atoms with Crippen LogP contribution in [0.25, 0.3) is 22.3 Å². The Hall–Kier alpha value is -2.44. The zero-order chi connectivity index (χ0) is 15.5. The number of halogens is 1. The van der Waals surface area contributed by atoms with Crippen LogP contribution in [0.1, 0.15) is 0 Å². The van der Waals surface area contributed by atoms with Crippen molar-refractivity contribution in [2.75, 3.05) is 5.73 Å². The Labute approximate surface area is 131 Å². The molecule has 3 rings (SSSR count). The highest BCUT2D eigenvalue weighted by molar-refractivity contribution is 7.97. The molecular weight excluding hydrogens is 299 g/mol. The van der Waals surface area contributed by atoms with Gasteiger partial charge in [-0.15, -0.1) is 0 Å². The first-order valence-electron chi connectivity index (χ1n) is 6.52. The van der Waals surface area contributed by atoms with Crippen LogP contribution in [0.2, 0.25) is 0 Å². The molecule has 1 aromatic heterocycles. The van der Waals surface area contributed by atoms with Crippen LogP contribution in [-0.4, -0.2) is 9.97 Å². The molecule has 6 heteroatoms. The molecule has 0 fully saturated rings. The number of benzene rings is 2. The van der Waals surface area contributed by atoms with Crippen LogP contribution < -0.4 is 10.9 Å². The van der Waals surface area contributed by atoms with E-state index in [-0.39, 0.29) is 11.8 Å². The summed E-state index contributed by atoms with van der Waals surface area (Å²) >= 11 is 1.14. The van der Waals surface area contributed by atoms with Crippen LogP contribution in [0.4, 0.5) is 10.3 Å². The highest BCUT2D eigenvalue weighted by Gasteiger charge is 2.10. The predicted octanol–water partition coefficient (Wildman–Crippen LogP) is 3.50. The molecule has 0 radical (unpaired) electrons. The fourth-order valence-corrected chi connectivity index (χ4v) is 2.67. The minimum Gasteiger partial charge on any atom is -0.368 e. The largest absolute Gasteiger partial charge is 0.368 e. The van der Waals surface area contributed by atoms with E-state index in [2.05, 4.69) is 9.97 Å². The second kappa shape index (κ2) is 6.13. The third-order valence-corrected chi connectivity index (χ3v) is 3.89. The fourth-order valence-electron chi connectivity index (χ4n) is 2.20. The molecule has 0 spiro atoms.